The van der Waals surface area contributed by atoms with Crippen molar-refractivity contribution in [3.63, 3.8) is 0 Å². The van der Waals surface area contributed by atoms with Crippen molar-refractivity contribution in [3.8, 4) is 0 Å². The molecule has 2 aliphatic rings. The van der Waals surface area contributed by atoms with Gasteiger partial charge in [-0.25, -0.2) is 4.79 Å². The summed E-state index contributed by atoms with van der Waals surface area (Å²) >= 11 is 0. The van der Waals surface area contributed by atoms with Gasteiger partial charge in [0.1, 0.15) is 6.54 Å². The van der Waals surface area contributed by atoms with E-state index in [9.17, 15) is 14.4 Å². The van der Waals surface area contributed by atoms with Crippen molar-refractivity contribution in [3.05, 3.63) is 24.3 Å². The Kier molecular flexibility index (Phi) is 4.98. The number of rotatable bonds is 4. The number of benzene rings is 1. The van der Waals surface area contributed by atoms with Crippen LogP contribution in [0.1, 0.15) is 25.7 Å². The maximum Gasteiger partial charge on any atom is 0.322 e. The van der Waals surface area contributed by atoms with Gasteiger partial charge in [-0.05, 0) is 31.4 Å². The van der Waals surface area contributed by atoms with Gasteiger partial charge in [-0.2, -0.15) is 0 Å². The number of urea groups is 1. The quantitative estimate of drug-likeness (QED) is 0.822. The second-order valence-electron chi connectivity index (χ2n) is 6.07. The van der Waals surface area contributed by atoms with E-state index in [4.69, 9.17) is 0 Å². The molecule has 0 atom stereocenters. The van der Waals surface area contributed by atoms with Gasteiger partial charge in [-0.1, -0.05) is 12.1 Å². The average molecular weight is 330 g/mol. The van der Waals surface area contributed by atoms with Crippen molar-refractivity contribution in [2.45, 2.75) is 25.7 Å². The number of hydrogen-bond acceptors (Lipinski definition) is 3. The molecule has 24 heavy (non-hydrogen) atoms. The Morgan fingerprint density at radius 1 is 1.17 bits per heavy atom. The van der Waals surface area contributed by atoms with Gasteiger partial charge in [-0.3, -0.25) is 14.5 Å². The second-order valence-corrected chi connectivity index (χ2v) is 6.07. The highest BCUT2D eigenvalue weighted by molar-refractivity contribution is 6.09. The lowest BCUT2D eigenvalue weighted by Gasteiger charge is -2.29. The molecule has 1 saturated heterocycles. The standard InChI is InChI=1S/C17H22N4O3/c22-15-12-21(14-7-2-1-6-13(14)19-15)17(24)18-9-5-8-16(23)20-10-3-4-11-20/h1-2,6-7H,3-5,8-12H2,(H,18,24)(H,19,22). The van der Waals surface area contributed by atoms with Crippen molar-refractivity contribution < 1.29 is 14.4 Å². The Hall–Kier alpha value is -2.57. The van der Waals surface area contributed by atoms with E-state index in [1.165, 1.54) is 4.90 Å². The fourth-order valence-corrected chi connectivity index (χ4v) is 3.07. The average Bonchev–Trinajstić information content (AvgIpc) is 3.12. The highest BCUT2D eigenvalue weighted by Crippen LogP contribution is 2.28. The predicted molar refractivity (Wildman–Crippen MR) is 90.9 cm³/mol. The summed E-state index contributed by atoms with van der Waals surface area (Å²) in [6, 6.07) is 6.88. The van der Waals surface area contributed by atoms with E-state index in [1.54, 1.807) is 12.1 Å². The van der Waals surface area contributed by atoms with Gasteiger partial charge in [-0.15, -0.1) is 0 Å². The lowest BCUT2D eigenvalue weighted by molar-refractivity contribution is -0.130. The molecule has 2 N–H and O–H groups in total. The van der Waals surface area contributed by atoms with E-state index in [0.29, 0.717) is 30.8 Å². The molecule has 0 aliphatic carbocycles. The molecule has 0 aromatic heterocycles. The number of anilines is 2. The van der Waals surface area contributed by atoms with Crippen molar-refractivity contribution in [2.75, 3.05) is 36.4 Å². The molecule has 2 aliphatic heterocycles. The van der Waals surface area contributed by atoms with Crippen LogP contribution in [-0.2, 0) is 9.59 Å². The Morgan fingerprint density at radius 3 is 2.71 bits per heavy atom. The van der Waals surface area contributed by atoms with Crippen LogP contribution in [0.15, 0.2) is 24.3 Å². The summed E-state index contributed by atoms with van der Waals surface area (Å²) in [4.78, 5) is 39.3. The maximum atomic E-state index is 12.3. The molecule has 0 radical (unpaired) electrons. The van der Waals surface area contributed by atoms with Crippen LogP contribution in [0.25, 0.3) is 0 Å². The number of amides is 4. The molecule has 4 amide bonds. The summed E-state index contributed by atoms with van der Waals surface area (Å²) in [6.45, 7) is 2.12. The van der Waals surface area contributed by atoms with Gasteiger partial charge in [0.2, 0.25) is 11.8 Å². The van der Waals surface area contributed by atoms with Gasteiger partial charge >= 0.3 is 6.03 Å². The third-order valence-electron chi connectivity index (χ3n) is 4.32. The number of nitrogens with one attached hydrogen (secondary N) is 2. The van der Waals surface area contributed by atoms with Crippen LogP contribution >= 0.6 is 0 Å². The molecule has 0 bridgehead atoms. The fraction of sp³-hybridized carbons (Fsp3) is 0.471. The summed E-state index contributed by atoms with van der Waals surface area (Å²) < 4.78 is 0. The first-order valence-corrected chi connectivity index (χ1v) is 8.37. The zero-order chi connectivity index (χ0) is 16.9. The minimum absolute atomic E-state index is 0.00441. The Labute approximate surface area is 141 Å². The number of carbonyl (C=O) groups excluding carboxylic acids is 3. The molecule has 1 aromatic rings. The molecule has 7 heteroatoms. The third kappa shape index (κ3) is 3.67. The van der Waals surface area contributed by atoms with E-state index in [0.717, 1.165) is 25.9 Å². The SMILES string of the molecule is O=C1CN(C(=O)NCCCC(=O)N2CCCC2)c2ccccc2N1. The predicted octanol–water partition coefficient (Wildman–Crippen LogP) is 1.56. The molecule has 1 aromatic carbocycles. The summed E-state index contributed by atoms with van der Waals surface area (Å²) in [5, 5.41) is 5.54. The van der Waals surface area contributed by atoms with Crippen molar-refractivity contribution in [1.29, 1.82) is 0 Å². The van der Waals surface area contributed by atoms with Crippen LogP contribution in [0.2, 0.25) is 0 Å². The van der Waals surface area contributed by atoms with E-state index in [-0.39, 0.29) is 24.4 Å². The van der Waals surface area contributed by atoms with E-state index in [1.807, 2.05) is 17.0 Å². The number of fused-ring (bicyclic) bond motifs is 1. The summed E-state index contributed by atoms with van der Waals surface area (Å²) in [5.74, 6) is -0.0579. The van der Waals surface area contributed by atoms with Crippen molar-refractivity contribution >= 4 is 29.2 Å². The Balaban J connectivity index is 1.48. The molecule has 3 rings (SSSR count). The zero-order valence-corrected chi connectivity index (χ0v) is 13.6. The first kappa shape index (κ1) is 16.3. The topological polar surface area (TPSA) is 81.8 Å². The fourth-order valence-electron chi connectivity index (χ4n) is 3.07. The van der Waals surface area contributed by atoms with Crippen LogP contribution in [0.4, 0.5) is 16.2 Å². The van der Waals surface area contributed by atoms with Crippen LogP contribution in [0, 0.1) is 0 Å². The monoisotopic (exact) mass is 330 g/mol. The summed E-state index contributed by atoms with van der Waals surface area (Å²) in [6.07, 6.45) is 3.21. The van der Waals surface area contributed by atoms with Crippen LogP contribution in [0.5, 0.6) is 0 Å². The largest absolute Gasteiger partial charge is 0.343 e. The summed E-state index contributed by atoms with van der Waals surface area (Å²) in [7, 11) is 0. The number of carbonyl (C=O) groups is 3. The number of hydrogen-bond donors (Lipinski definition) is 2. The van der Waals surface area contributed by atoms with E-state index >= 15 is 0 Å². The molecular formula is C17H22N4O3. The Bertz CT molecular complexity index is 640. The summed E-state index contributed by atoms with van der Waals surface area (Å²) in [5.41, 5.74) is 1.32. The number of para-hydroxylation sites is 2. The molecule has 0 unspecified atom stereocenters. The zero-order valence-electron chi connectivity index (χ0n) is 13.6. The van der Waals surface area contributed by atoms with Gasteiger partial charge in [0.05, 0.1) is 11.4 Å². The van der Waals surface area contributed by atoms with Crippen LogP contribution < -0.4 is 15.5 Å². The molecule has 0 saturated carbocycles. The molecule has 2 heterocycles. The first-order valence-electron chi connectivity index (χ1n) is 8.37. The van der Waals surface area contributed by atoms with Gasteiger partial charge < -0.3 is 15.5 Å². The first-order chi connectivity index (χ1) is 11.6. The van der Waals surface area contributed by atoms with Gasteiger partial charge in [0.25, 0.3) is 0 Å². The second kappa shape index (κ2) is 7.33. The normalized spacial score (nSPS) is 16.6. The minimum atomic E-state index is -0.314. The lowest BCUT2D eigenvalue weighted by Crippen LogP contribution is -2.47. The van der Waals surface area contributed by atoms with Crippen LogP contribution in [-0.4, -0.2) is 48.9 Å². The maximum absolute atomic E-state index is 12.3. The lowest BCUT2D eigenvalue weighted by atomic mass is 10.2. The van der Waals surface area contributed by atoms with E-state index < -0.39 is 0 Å². The molecule has 7 nitrogen and oxygen atoms in total. The van der Waals surface area contributed by atoms with Crippen molar-refractivity contribution in [1.82, 2.24) is 10.2 Å². The van der Waals surface area contributed by atoms with Crippen molar-refractivity contribution in [2.24, 2.45) is 0 Å². The third-order valence-corrected chi connectivity index (χ3v) is 4.32. The molecule has 128 valence electrons. The van der Waals surface area contributed by atoms with E-state index in [2.05, 4.69) is 10.6 Å². The minimum Gasteiger partial charge on any atom is -0.343 e. The smallest absolute Gasteiger partial charge is 0.322 e. The molecule has 0 spiro atoms. The number of likely N-dealkylation sites (tertiary alicyclic amines) is 1. The highest BCUT2D eigenvalue weighted by atomic mass is 16.2. The Morgan fingerprint density at radius 2 is 1.92 bits per heavy atom. The highest BCUT2D eigenvalue weighted by Gasteiger charge is 2.26. The molecule has 1 fully saturated rings. The number of nitrogens with zero attached hydrogens (tertiary/aromatic N) is 2. The van der Waals surface area contributed by atoms with Gasteiger partial charge in [0.15, 0.2) is 0 Å². The van der Waals surface area contributed by atoms with Crippen LogP contribution in [0.3, 0.4) is 0 Å². The van der Waals surface area contributed by atoms with Gasteiger partial charge in [0, 0.05) is 26.1 Å². The molecular weight excluding hydrogens is 308 g/mol.